The van der Waals surface area contributed by atoms with Crippen LogP contribution >= 0.6 is 31.9 Å². The number of methoxy groups -OCH3 is 1. The first-order valence-corrected chi connectivity index (χ1v) is 7.46. The SMILES string of the molecule is COc1cc(C)c(Br)cc1C(N)c1cccc(Br)c1. The van der Waals surface area contributed by atoms with Gasteiger partial charge in [-0.05, 0) is 42.3 Å². The Morgan fingerprint density at radius 3 is 2.53 bits per heavy atom. The number of hydrogen-bond acceptors (Lipinski definition) is 2. The third-order valence-electron chi connectivity index (χ3n) is 3.05. The first-order valence-electron chi connectivity index (χ1n) is 5.88. The van der Waals surface area contributed by atoms with Crippen LogP contribution in [0.3, 0.4) is 0 Å². The lowest BCUT2D eigenvalue weighted by Gasteiger charge is -2.18. The Bertz CT molecular complexity index is 599. The number of nitrogens with two attached hydrogens (primary N) is 1. The quantitative estimate of drug-likeness (QED) is 0.840. The third-order valence-corrected chi connectivity index (χ3v) is 4.40. The lowest BCUT2D eigenvalue weighted by Crippen LogP contribution is -2.13. The van der Waals surface area contributed by atoms with Gasteiger partial charge in [-0.25, -0.2) is 0 Å². The molecule has 0 aliphatic carbocycles. The second-order valence-electron chi connectivity index (χ2n) is 4.38. The smallest absolute Gasteiger partial charge is 0.124 e. The van der Waals surface area contributed by atoms with Gasteiger partial charge in [-0.15, -0.1) is 0 Å². The van der Waals surface area contributed by atoms with E-state index in [4.69, 9.17) is 10.5 Å². The summed E-state index contributed by atoms with van der Waals surface area (Å²) in [7, 11) is 1.67. The van der Waals surface area contributed by atoms with Crippen molar-refractivity contribution in [1.82, 2.24) is 0 Å². The van der Waals surface area contributed by atoms with Crippen molar-refractivity contribution in [3.63, 3.8) is 0 Å². The Morgan fingerprint density at radius 1 is 1.16 bits per heavy atom. The molecule has 0 saturated heterocycles. The molecule has 0 spiro atoms. The fourth-order valence-corrected chi connectivity index (χ4v) is 2.75. The first-order chi connectivity index (χ1) is 9.02. The van der Waals surface area contributed by atoms with Gasteiger partial charge in [-0.2, -0.15) is 0 Å². The molecular formula is C15H15Br2NO. The summed E-state index contributed by atoms with van der Waals surface area (Å²) in [5.41, 5.74) is 9.50. The summed E-state index contributed by atoms with van der Waals surface area (Å²) in [6, 6.07) is 11.8. The van der Waals surface area contributed by atoms with E-state index in [0.29, 0.717) is 0 Å². The minimum absolute atomic E-state index is 0.218. The first kappa shape index (κ1) is 14.6. The minimum Gasteiger partial charge on any atom is -0.496 e. The molecule has 0 radical (unpaired) electrons. The summed E-state index contributed by atoms with van der Waals surface area (Å²) in [5.74, 6) is 0.813. The van der Waals surface area contributed by atoms with Gasteiger partial charge in [0.05, 0.1) is 13.2 Å². The highest BCUT2D eigenvalue weighted by Crippen LogP contribution is 2.33. The largest absolute Gasteiger partial charge is 0.496 e. The molecule has 0 saturated carbocycles. The highest BCUT2D eigenvalue weighted by molar-refractivity contribution is 9.10. The predicted octanol–water partition coefficient (Wildman–Crippen LogP) is 4.58. The van der Waals surface area contributed by atoms with Crippen LogP contribution in [-0.2, 0) is 0 Å². The number of halogens is 2. The number of benzene rings is 2. The van der Waals surface area contributed by atoms with E-state index in [0.717, 1.165) is 31.4 Å². The molecule has 1 unspecified atom stereocenters. The minimum atomic E-state index is -0.218. The molecule has 2 nitrogen and oxygen atoms in total. The van der Waals surface area contributed by atoms with Crippen LogP contribution in [0.5, 0.6) is 5.75 Å². The van der Waals surface area contributed by atoms with Gasteiger partial charge in [0.2, 0.25) is 0 Å². The summed E-state index contributed by atoms with van der Waals surface area (Å²) in [6.45, 7) is 2.03. The lowest BCUT2D eigenvalue weighted by molar-refractivity contribution is 0.407. The molecule has 0 fully saturated rings. The molecule has 0 aliphatic rings. The van der Waals surface area contributed by atoms with E-state index in [1.54, 1.807) is 7.11 Å². The predicted molar refractivity (Wildman–Crippen MR) is 85.6 cm³/mol. The van der Waals surface area contributed by atoms with Crippen molar-refractivity contribution in [2.75, 3.05) is 7.11 Å². The zero-order valence-electron chi connectivity index (χ0n) is 10.8. The number of hydrogen-bond donors (Lipinski definition) is 1. The fourth-order valence-electron chi connectivity index (χ4n) is 1.97. The fraction of sp³-hybridized carbons (Fsp3) is 0.200. The molecular weight excluding hydrogens is 370 g/mol. The summed E-state index contributed by atoms with van der Waals surface area (Å²) in [6.07, 6.45) is 0. The van der Waals surface area contributed by atoms with E-state index in [1.165, 1.54) is 0 Å². The van der Waals surface area contributed by atoms with E-state index in [2.05, 4.69) is 31.9 Å². The van der Waals surface area contributed by atoms with Crippen molar-refractivity contribution in [3.8, 4) is 5.75 Å². The van der Waals surface area contributed by atoms with Gasteiger partial charge in [0.1, 0.15) is 5.75 Å². The van der Waals surface area contributed by atoms with Crippen molar-refractivity contribution in [2.24, 2.45) is 5.73 Å². The van der Waals surface area contributed by atoms with Crippen LogP contribution in [0.4, 0.5) is 0 Å². The standard InChI is InChI=1S/C15H15Br2NO/c1-9-6-14(19-2)12(8-13(9)17)15(18)10-4-3-5-11(16)7-10/h3-8,15H,18H2,1-2H3. The molecule has 19 heavy (non-hydrogen) atoms. The maximum absolute atomic E-state index is 6.36. The monoisotopic (exact) mass is 383 g/mol. The second-order valence-corrected chi connectivity index (χ2v) is 6.15. The van der Waals surface area contributed by atoms with Gasteiger partial charge in [0, 0.05) is 14.5 Å². The average Bonchev–Trinajstić information content (AvgIpc) is 2.40. The molecule has 2 N–H and O–H groups in total. The van der Waals surface area contributed by atoms with Crippen LogP contribution in [0.1, 0.15) is 22.7 Å². The third kappa shape index (κ3) is 3.19. The Hall–Kier alpha value is -0.840. The molecule has 2 rings (SSSR count). The van der Waals surface area contributed by atoms with Crippen LogP contribution < -0.4 is 10.5 Å². The zero-order valence-corrected chi connectivity index (χ0v) is 14.0. The number of aryl methyl sites for hydroxylation is 1. The summed E-state index contributed by atoms with van der Waals surface area (Å²) < 4.78 is 7.50. The topological polar surface area (TPSA) is 35.2 Å². The van der Waals surface area contributed by atoms with Crippen LogP contribution in [0.15, 0.2) is 45.3 Å². The second kappa shape index (κ2) is 6.07. The van der Waals surface area contributed by atoms with Gasteiger partial charge >= 0.3 is 0 Å². The molecule has 0 bridgehead atoms. The van der Waals surface area contributed by atoms with Crippen molar-refractivity contribution >= 4 is 31.9 Å². The summed E-state index contributed by atoms with van der Waals surface area (Å²) in [4.78, 5) is 0. The van der Waals surface area contributed by atoms with E-state index < -0.39 is 0 Å². The van der Waals surface area contributed by atoms with Crippen molar-refractivity contribution in [3.05, 3.63) is 62.0 Å². The molecule has 2 aromatic carbocycles. The van der Waals surface area contributed by atoms with E-state index in [1.807, 2.05) is 43.3 Å². The molecule has 100 valence electrons. The highest BCUT2D eigenvalue weighted by Gasteiger charge is 2.16. The Kier molecular flexibility index (Phi) is 4.66. The molecule has 0 aliphatic heterocycles. The molecule has 0 amide bonds. The van der Waals surface area contributed by atoms with E-state index in [-0.39, 0.29) is 6.04 Å². The Labute approximate surface area is 130 Å². The average molecular weight is 385 g/mol. The molecule has 0 aromatic heterocycles. The van der Waals surface area contributed by atoms with Crippen LogP contribution in [-0.4, -0.2) is 7.11 Å². The van der Waals surface area contributed by atoms with Gasteiger partial charge < -0.3 is 10.5 Å². The van der Waals surface area contributed by atoms with Crippen LogP contribution in [0, 0.1) is 6.92 Å². The molecule has 4 heteroatoms. The maximum Gasteiger partial charge on any atom is 0.124 e. The highest BCUT2D eigenvalue weighted by atomic mass is 79.9. The Morgan fingerprint density at radius 2 is 1.89 bits per heavy atom. The van der Waals surface area contributed by atoms with Crippen LogP contribution in [0.2, 0.25) is 0 Å². The van der Waals surface area contributed by atoms with Gasteiger partial charge in [0.15, 0.2) is 0 Å². The Balaban J connectivity index is 2.49. The normalized spacial score (nSPS) is 12.3. The zero-order chi connectivity index (χ0) is 14.0. The van der Waals surface area contributed by atoms with E-state index >= 15 is 0 Å². The van der Waals surface area contributed by atoms with Crippen molar-refractivity contribution in [1.29, 1.82) is 0 Å². The van der Waals surface area contributed by atoms with Crippen LogP contribution in [0.25, 0.3) is 0 Å². The molecule has 0 heterocycles. The van der Waals surface area contributed by atoms with Gasteiger partial charge in [-0.3, -0.25) is 0 Å². The lowest BCUT2D eigenvalue weighted by atomic mass is 9.98. The van der Waals surface area contributed by atoms with Crippen molar-refractivity contribution < 1.29 is 4.74 Å². The number of ether oxygens (including phenoxy) is 1. The number of rotatable bonds is 3. The molecule has 1 atom stereocenters. The molecule has 2 aromatic rings. The van der Waals surface area contributed by atoms with Gasteiger partial charge in [0.25, 0.3) is 0 Å². The van der Waals surface area contributed by atoms with Gasteiger partial charge in [-0.1, -0.05) is 44.0 Å². The van der Waals surface area contributed by atoms with Crippen molar-refractivity contribution in [2.45, 2.75) is 13.0 Å². The maximum atomic E-state index is 6.36. The van der Waals surface area contributed by atoms with E-state index in [9.17, 15) is 0 Å². The summed E-state index contributed by atoms with van der Waals surface area (Å²) in [5, 5.41) is 0. The summed E-state index contributed by atoms with van der Waals surface area (Å²) >= 11 is 7.01.